The van der Waals surface area contributed by atoms with Crippen LogP contribution in [0.2, 0.25) is 0 Å². The molecule has 0 saturated carbocycles. The fourth-order valence-electron chi connectivity index (χ4n) is 3.93. The Morgan fingerprint density at radius 3 is 2.96 bits per heavy atom. The molecule has 0 bridgehead atoms. The van der Waals surface area contributed by atoms with E-state index < -0.39 is 0 Å². The summed E-state index contributed by atoms with van der Waals surface area (Å²) in [5, 5.41) is 8.62. The van der Waals surface area contributed by atoms with Crippen molar-refractivity contribution in [3.8, 4) is 0 Å². The maximum atomic E-state index is 12.5. The number of piperidine rings is 1. The summed E-state index contributed by atoms with van der Waals surface area (Å²) in [4.78, 5) is 22.7. The summed E-state index contributed by atoms with van der Waals surface area (Å²) in [6.45, 7) is 7.40. The summed E-state index contributed by atoms with van der Waals surface area (Å²) in [5.74, 6) is 0.847. The number of hydrogen-bond acceptors (Lipinski definition) is 4. The monoisotopic (exact) mass is 519 g/mol. The Kier molecular flexibility index (Phi) is 10.0. The van der Waals surface area contributed by atoms with Gasteiger partial charge in [-0.1, -0.05) is 6.42 Å². The molecule has 3 rings (SSSR count). The van der Waals surface area contributed by atoms with Crippen LogP contribution in [0.5, 0.6) is 0 Å². The average molecular weight is 519 g/mol. The Morgan fingerprint density at radius 2 is 2.18 bits per heavy atom. The van der Waals surface area contributed by atoms with Crippen molar-refractivity contribution >= 4 is 47.2 Å². The van der Waals surface area contributed by atoms with Crippen molar-refractivity contribution in [1.29, 1.82) is 0 Å². The molecule has 2 aliphatic heterocycles. The fourth-order valence-corrected chi connectivity index (χ4v) is 4.82. The van der Waals surface area contributed by atoms with Crippen molar-refractivity contribution in [3.63, 3.8) is 0 Å². The molecule has 158 valence electrons. The highest BCUT2D eigenvalue weighted by Gasteiger charge is 2.21. The molecule has 1 saturated heterocycles. The van der Waals surface area contributed by atoms with Crippen LogP contribution in [0, 0.1) is 0 Å². The van der Waals surface area contributed by atoms with Gasteiger partial charge in [-0.15, -0.1) is 35.3 Å². The number of guanidine groups is 1. The third kappa shape index (κ3) is 6.59. The Hall–Kier alpha value is -0.870. The SMILES string of the molecule is CN=C(NCCCN1CCCCC1C)NCC(=O)N1CCc2sccc2C1.I. The second-order valence-corrected chi connectivity index (χ2v) is 8.52. The molecule has 2 aliphatic rings. The number of nitrogens with one attached hydrogen (secondary N) is 2. The van der Waals surface area contributed by atoms with Gasteiger partial charge in [0.2, 0.25) is 5.91 Å². The van der Waals surface area contributed by atoms with Gasteiger partial charge in [0.25, 0.3) is 0 Å². The van der Waals surface area contributed by atoms with Crippen LogP contribution in [-0.2, 0) is 17.8 Å². The lowest BCUT2D eigenvalue weighted by molar-refractivity contribution is -0.130. The van der Waals surface area contributed by atoms with E-state index in [-0.39, 0.29) is 29.9 Å². The zero-order valence-corrected chi connectivity index (χ0v) is 20.2. The number of nitrogens with zero attached hydrogens (tertiary/aromatic N) is 3. The van der Waals surface area contributed by atoms with E-state index in [1.807, 2.05) is 4.90 Å². The van der Waals surface area contributed by atoms with E-state index >= 15 is 0 Å². The molecule has 1 aromatic heterocycles. The van der Waals surface area contributed by atoms with E-state index in [2.05, 4.69) is 38.9 Å². The second-order valence-electron chi connectivity index (χ2n) is 7.52. The van der Waals surface area contributed by atoms with Crippen molar-refractivity contribution in [1.82, 2.24) is 20.4 Å². The molecule has 6 nitrogen and oxygen atoms in total. The minimum Gasteiger partial charge on any atom is -0.356 e. The number of aliphatic imine (C=N–C) groups is 1. The molecule has 0 aliphatic carbocycles. The molecule has 0 aromatic carbocycles. The Balaban J connectivity index is 0.00000280. The van der Waals surface area contributed by atoms with E-state index in [9.17, 15) is 4.79 Å². The summed E-state index contributed by atoms with van der Waals surface area (Å²) in [6, 6.07) is 2.85. The third-order valence-electron chi connectivity index (χ3n) is 5.65. The molecule has 1 amide bonds. The van der Waals surface area contributed by atoms with E-state index in [0.29, 0.717) is 18.5 Å². The lowest BCUT2D eigenvalue weighted by Gasteiger charge is -2.33. The predicted octanol–water partition coefficient (Wildman–Crippen LogP) is 2.68. The van der Waals surface area contributed by atoms with Gasteiger partial charge in [-0.05, 0) is 56.2 Å². The smallest absolute Gasteiger partial charge is 0.242 e. The predicted molar refractivity (Wildman–Crippen MR) is 128 cm³/mol. The van der Waals surface area contributed by atoms with E-state index in [1.165, 1.54) is 36.2 Å². The highest BCUT2D eigenvalue weighted by Crippen LogP contribution is 2.23. The zero-order chi connectivity index (χ0) is 19.1. The Morgan fingerprint density at radius 1 is 1.32 bits per heavy atom. The Bertz CT molecular complexity index is 650. The molecule has 0 radical (unpaired) electrons. The van der Waals surface area contributed by atoms with Crippen molar-refractivity contribution in [2.45, 2.75) is 51.6 Å². The number of likely N-dealkylation sites (tertiary alicyclic amines) is 1. The first kappa shape index (κ1) is 23.4. The van der Waals surface area contributed by atoms with Crippen molar-refractivity contribution in [2.75, 3.05) is 39.8 Å². The average Bonchev–Trinajstić information content (AvgIpc) is 3.16. The fraction of sp³-hybridized carbons (Fsp3) is 0.700. The van der Waals surface area contributed by atoms with Gasteiger partial charge >= 0.3 is 0 Å². The van der Waals surface area contributed by atoms with Gasteiger partial charge in [0, 0.05) is 44.1 Å². The molecular weight excluding hydrogens is 485 g/mol. The Labute approximate surface area is 190 Å². The summed E-state index contributed by atoms with van der Waals surface area (Å²) in [5.41, 5.74) is 1.30. The molecule has 2 N–H and O–H groups in total. The van der Waals surface area contributed by atoms with Gasteiger partial charge in [-0.2, -0.15) is 0 Å². The molecule has 8 heteroatoms. The first-order chi connectivity index (χ1) is 13.2. The molecule has 1 atom stereocenters. The number of carbonyl (C=O) groups is 1. The molecule has 28 heavy (non-hydrogen) atoms. The molecule has 1 fully saturated rings. The lowest BCUT2D eigenvalue weighted by Crippen LogP contribution is -2.46. The number of rotatable bonds is 6. The minimum absolute atomic E-state index is 0. The number of thiophene rings is 1. The highest BCUT2D eigenvalue weighted by molar-refractivity contribution is 14.0. The van der Waals surface area contributed by atoms with Crippen LogP contribution < -0.4 is 10.6 Å². The van der Waals surface area contributed by atoms with E-state index in [4.69, 9.17) is 0 Å². The van der Waals surface area contributed by atoms with E-state index in [0.717, 1.165) is 39.0 Å². The third-order valence-corrected chi connectivity index (χ3v) is 6.67. The number of fused-ring (bicyclic) bond motifs is 1. The van der Waals surface area contributed by atoms with Gasteiger partial charge in [0.05, 0.1) is 6.54 Å². The van der Waals surface area contributed by atoms with Crippen LogP contribution in [0.4, 0.5) is 0 Å². The standard InChI is InChI=1S/C20H33N5OS.HI/c1-16-6-3-4-10-24(16)11-5-9-22-20(21-2)23-14-19(26)25-12-7-18-17(15-25)8-13-27-18;/h8,13,16H,3-7,9-12,14-15H2,1-2H3,(H2,21,22,23);1H. The number of carbonyl (C=O) groups excluding carboxylic acids is 1. The molecule has 3 heterocycles. The van der Waals surface area contributed by atoms with Crippen LogP contribution in [0.15, 0.2) is 16.4 Å². The summed E-state index contributed by atoms with van der Waals surface area (Å²) < 4.78 is 0. The number of hydrogen-bond donors (Lipinski definition) is 2. The number of halogens is 1. The van der Waals surface area contributed by atoms with Crippen LogP contribution in [0.1, 0.15) is 43.0 Å². The van der Waals surface area contributed by atoms with Crippen LogP contribution in [0.25, 0.3) is 0 Å². The van der Waals surface area contributed by atoms with Crippen LogP contribution >= 0.6 is 35.3 Å². The molecule has 1 unspecified atom stereocenters. The molecular formula is C20H34IN5OS. The zero-order valence-electron chi connectivity index (χ0n) is 17.1. The first-order valence-corrected chi connectivity index (χ1v) is 11.1. The second kappa shape index (κ2) is 12.0. The van der Waals surface area contributed by atoms with Gasteiger partial charge in [-0.25, -0.2) is 0 Å². The normalized spacial score (nSPS) is 20.3. The topological polar surface area (TPSA) is 60.0 Å². The van der Waals surface area contributed by atoms with Gasteiger partial charge < -0.3 is 20.4 Å². The first-order valence-electron chi connectivity index (χ1n) is 10.2. The van der Waals surface area contributed by atoms with Crippen molar-refractivity contribution < 1.29 is 4.79 Å². The lowest BCUT2D eigenvalue weighted by atomic mass is 10.0. The summed E-state index contributed by atoms with van der Waals surface area (Å²) in [6.07, 6.45) is 6.08. The van der Waals surface area contributed by atoms with Crippen LogP contribution in [-0.4, -0.2) is 67.5 Å². The maximum absolute atomic E-state index is 12.5. The molecule has 0 spiro atoms. The largest absolute Gasteiger partial charge is 0.356 e. The highest BCUT2D eigenvalue weighted by atomic mass is 127. The minimum atomic E-state index is 0. The number of amides is 1. The van der Waals surface area contributed by atoms with Gasteiger partial charge in [0.15, 0.2) is 5.96 Å². The summed E-state index contributed by atoms with van der Waals surface area (Å²) >= 11 is 1.80. The quantitative estimate of drug-likeness (QED) is 0.263. The van der Waals surface area contributed by atoms with Crippen LogP contribution in [0.3, 0.4) is 0 Å². The van der Waals surface area contributed by atoms with Gasteiger partial charge in [0.1, 0.15) is 0 Å². The van der Waals surface area contributed by atoms with Gasteiger partial charge in [-0.3, -0.25) is 9.79 Å². The maximum Gasteiger partial charge on any atom is 0.242 e. The summed E-state index contributed by atoms with van der Waals surface area (Å²) in [7, 11) is 1.76. The van der Waals surface area contributed by atoms with E-state index in [1.54, 1.807) is 18.4 Å². The van der Waals surface area contributed by atoms with Crippen molar-refractivity contribution in [3.05, 3.63) is 21.9 Å². The molecule has 1 aromatic rings. The van der Waals surface area contributed by atoms with Crippen molar-refractivity contribution in [2.24, 2.45) is 4.99 Å².